The molecule has 0 spiro atoms. The topological polar surface area (TPSA) is 0 Å². The van der Waals surface area contributed by atoms with Gasteiger partial charge in [0.2, 0.25) is 0 Å². The summed E-state index contributed by atoms with van der Waals surface area (Å²) >= 11 is -4.95. The van der Waals surface area contributed by atoms with Crippen LogP contribution in [0.5, 0.6) is 0 Å². The third kappa shape index (κ3) is 5.22. The van der Waals surface area contributed by atoms with Gasteiger partial charge in [-0.25, -0.2) is 0 Å². The van der Waals surface area contributed by atoms with Crippen LogP contribution in [0.1, 0.15) is 81.3 Å². The Morgan fingerprint density at radius 2 is 1.20 bits per heavy atom. The third-order valence-corrected chi connectivity index (χ3v) is 34.2. The number of rotatable bonds is 4. The van der Waals surface area contributed by atoms with Crippen molar-refractivity contribution in [1.29, 1.82) is 0 Å². The van der Waals surface area contributed by atoms with Crippen LogP contribution in [-0.4, -0.2) is 4.26 Å². The minimum absolute atomic E-state index is 0. The van der Waals surface area contributed by atoms with Crippen molar-refractivity contribution < 1.29 is 18.0 Å². The van der Waals surface area contributed by atoms with Gasteiger partial charge in [0, 0.05) is 0 Å². The van der Waals surface area contributed by atoms with E-state index in [1.165, 1.54) is 51.1 Å². The van der Waals surface area contributed by atoms with E-state index in [1.54, 1.807) is 6.65 Å². The molecule has 0 saturated heterocycles. The van der Waals surface area contributed by atoms with E-state index in [9.17, 15) is 0 Å². The molecular formula is C41H48Cl2Hf. The first-order chi connectivity index (χ1) is 19.7. The summed E-state index contributed by atoms with van der Waals surface area (Å²) in [5.41, 5.74) is 11.3. The molecule has 0 amide bonds. The molecule has 0 heterocycles. The van der Waals surface area contributed by atoms with Crippen molar-refractivity contribution in [3.8, 4) is 11.1 Å². The average molecular weight is 790 g/mol. The van der Waals surface area contributed by atoms with Gasteiger partial charge in [-0.3, -0.25) is 0 Å². The van der Waals surface area contributed by atoms with Gasteiger partial charge in [-0.05, 0) is 0 Å². The molecule has 230 valence electrons. The van der Waals surface area contributed by atoms with E-state index in [1.807, 2.05) is 0 Å². The molecule has 3 heteroatoms. The van der Waals surface area contributed by atoms with E-state index in [-0.39, 0.29) is 35.6 Å². The van der Waals surface area contributed by atoms with Crippen molar-refractivity contribution in [3.05, 3.63) is 134 Å². The molecule has 4 aromatic carbocycles. The summed E-state index contributed by atoms with van der Waals surface area (Å²) in [6.07, 6.45) is 9.00. The van der Waals surface area contributed by atoms with Crippen LogP contribution in [0.4, 0.5) is 0 Å². The Kier molecular flexibility index (Phi) is 9.26. The maximum atomic E-state index is 5.74. The first kappa shape index (κ1) is 34.6. The molecule has 0 fully saturated rings. The van der Waals surface area contributed by atoms with E-state index in [4.69, 9.17) is 4.26 Å². The molecule has 0 atom stereocenters. The third-order valence-electron chi connectivity index (χ3n) is 10.2. The number of aryl methyl sites for hydroxylation is 2. The van der Waals surface area contributed by atoms with Gasteiger partial charge in [0.1, 0.15) is 0 Å². The minimum atomic E-state index is -4.95. The zero-order valence-electron chi connectivity index (χ0n) is 27.7. The summed E-state index contributed by atoms with van der Waals surface area (Å²) in [5.74, 6) is 0. The summed E-state index contributed by atoms with van der Waals surface area (Å²) in [4.78, 5) is 0. The van der Waals surface area contributed by atoms with Crippen LogP contribution in [0.3, 0.4) is 0 Å². The summed E-state index contributed by atoms with van der Waals surface area (Å²) < 4.78 is 11.8. The van der Waals surface area contributed by atoms with Crippen molar-refractivity contribution >= 4 is 39.0 Å². The standard InChI is InChI=1S/C21H25.2C7H7.C5H5.CH2.2ClH.Hf/c1-20(2,3)16-7-9-18-14(12-16)11-15-13-17(21(4,5)6)8-10-19(15)18;2*1-7-5-3-2-4-6-7;1-2-4-5-3-1;;;;/h7-10,12H,11H2,1-6H3;2*3-6H,1H3;1-3H,4H2;1H2;2*1H;. The summed E-state index contributed by atoms with van der Waals surface area (Å²) in [7, 11) is 0. The fraction of sp³-hybridized carbons (Fsp3) is 0.293. The SMILES string of the molecule is Cl.Cl.[CH2]=[Hf]([C]1=CC=CC1)([c]1ccc(C)cc1)([c]1ccc(C)cc1)[c]1c(C(C)(C)C)ccc2c1Cc1cc(C(C)(C)C)ccc1-2. The zero-order valence-corrected chi connectivity index (χ0v) is 32.9. The molecule has 0 aromatic heterocycles. The van der Waals surface area contributed by atoms with E-state index in [2.05, 4.69) is 152 Å². The van der Waals surface area contributed by atoms with Gasteiger partial charge in [-0.15, -0.1) is 24.8 Å². The van der Waals surface area contributed by atoms with Crippen molar-refractivity contribution in [2.24, 2.45) is 0 Å². The monoisotopic (exact) mass is 790 g/mol. The molecule has 0 unspecified atom stereocenters. The molecule has 0 bridgehead atoms. The number of hydrogen-bond acceptors (Lipinski definition) is 0. The van der Waals surface area contributed by atoms with Crippen LogP contribution < -0.4 is 9.96 Å². The van der Waals surface area contributed by atoms with Crippen LogP contribution in [0.2, 0.25) is 0 Å². The van der Waals surface area contributed by atoms with E-state index < -0.39 is 18.0 Å². The van der Waals surface area contributed by atoms with Gasteiger partial charge in [-0.1, -0.05) is 0 Å². The number of fused-ring (bicyclic) bond motifs is 3. The van der Waals surface area contributed by atoms with E-state index >= 15 is 0 Å². The predicted molar refractivity (Wildman–Crippen MR) is 197 cm³/mol. The van der Waals surface area contributed by atoms with Gasteiger partial charge in [-0.2, -0.15) is 0 Å². The molecule has 2 aliphatic carbocycles. The number of halogens is 2. The first-order valence-electron chi connectivity index (χ1n) is 15.6. The summed E-state index contributed by atoms with van der Waals surface area (Å²) in [5, 5.41) is 0. The van der Waals surface area contributed by atoms with Crippen LogP contribution in [0.25, 0.3) is 11.1 Å². The Hall–Kier alpha value is -2.32. The zero-order chi connectivity index (χ0) is 30.1. The molecule has 0 aliphatic heterocycles. The Bertz CT molecular complexity index is 1790. The van der Waals surface area contributed by atoms with Crippen molar-refractivity contribution in [3.63, 3.8) is 0 Å². The van der Waals surface area contributed by atoms with Gasteiger partial charge < -0.3 is 0 Å². The molecule has 4 aromatic rings. The van der Waals surface area contributed by atoms with E-state index in [0.717, 1.165) is 12.8 Å². The number of allylic oxidation sites excluding steroid dienone is 4. The Labute approximate surface area is 279 Å². The van der Waals surface area contributed by atoms with Gasteiger partial charge in [0.05, 0.1) is 0 Å². The maximum absolute atomic E-state index is 5.74. The first-order valence-corrected chi connectivity index (χ1v) is 25.3. The second kappa shape index (κ2) is 11.8. The fourth-order valence-electron chi connectivity index (χ4n) is 7.68. The second-order valence-corrected chi connectivity index (χ2v) is 33.8. The molecule has 0 N–H and O–H groups in total. The van der Waals surface area contributed by atoms with Crippen LogP contribution >= 0.6 is 24.8 Å². The molecular weight excluding hydrogens is 742 g/mol. The molecule has 0 nitrogen and oxygen atoms in total. The van der Waals surface area contributed by atoms with Crippen molar-refractivity contribution in [2.45, 2.75) is 79.1 Å². The normalized spacial score (nSPS) is 14.3. The summed E-state index contributed by atoms with van der Waals surface area (Å²) in [6.45, 7) is 18.5. The average Bonchev–Trinajstić information content (AvgIpc) is 3.60. The molecule has 0 radical (unpaired) electrons. The number of benzene rings is 4. The molecule has 2 aliphatic rings. The Morgan fingerprint density at radius 3 is 1.68 bits per heavy atom. The summed E-state index contributed by atoms with van der Waals surface area (Å²) in [6, 6.07) is 31.1. The van der Waals surface area contributed by atoms with Crippen LogP contribution in [-0.2, 0) is 35.3 Å². The molecule has 6 rings (SSSR count). The van der Waals surface area contributed by atoms with Crippen molar-refractivity contribution in [2.75, 3.05) is 0 Å². The fourth-order valence-corrected chi connectivity index (χ4v) is 31.9. The predicted octanol–water partition coefficient (Wildman–Crippen LogP) is 9.55. The van der Waals surface area contributed by atoms with Gasteiger partial charge >= 0.3 is 256 Å². The molecule has 0 saturated carbocycles. The van der Waals surface area contributed by atoms with Gasteiger partial charge in [0.15, 0.2) is 0 Å². The second-order valence-electron chi connectivity index (χ2n) is 15.1. The Balaban J connectivity index is 0.00000221. The number of hydrogen-bond donors (Lipinski definition) is 0. The quantitative estimate of drug-likeness (QED) is 0.159. The van der Waals surface area contributed by atoms with Crippen LogP contribution in [0, 0.1) is 13.8 Å². The van der Waals surface area contributed by atoms with Gasteiger partial charge in [0.25, 0.3) is 0 Å². The molecule has 44 heavy (non-hydrogen) atoms. The van der Waals surface area contributed by atoms with Crippen LogP contribution in [0.15, 0.2) is 100 Å². The van der Waals surface area contributed by atoms with Crippen molar-refractivity contribution in [1.82, 2.24) is 0 Å². The Morgan fingerprint density at radius 1 is 0.659 bits per heavy atom. The van der Waals surface area contributed by atoms with E-state index in [0.29, 0.717) is 0 Å².